The SMILES string of the molecule is N#Cc1c(B2c3ccccc3-c3ccccc3-c3ccccc32)c(C#N)c(-n2c3ccccc3c3ccccc32)c(C#N)c1-n1c2ccccc2c2ccccc21. The predicted octanol–water partition coefficient (Wildman–Crippen LogP) is 9.66. The van der Waals surface area contributed by atoms with E-state index < -0.39 is 6.71 Å². The Hall–Kier alpha value is -8.11. The van der Waals surface area contributed by atoms with Crippen molar-refractivity contribution in [2.75, 3.05) is 0 Å². The number of fused-ring (bicyclic) bond motifs is 11. The highest BCUT2D eigenvalue weighted by molar-refractivity contribution is 6.98. The zero-order chi connectivity index (χ0) is 38.2. The maximum absolute atomic E-state index is 11.7. The zero-order valence-electron chi connectivity index (χ0n) is 30.5. The van der Waals surface area contributed by atoms with E-state index >= 15 is 0 Å². The molecule has 0 unspecified atom stereocenters. The lowest BCUT2D eigenvalue weighted by atomic mass is 9.34. The first-order valence-electron chi connectivity index (χ1n) is 18.9. The van der Waals surface area contributed by atoms with Gasteiger partial charge in [-0.1, -0.05) is 157 Å². The number of nitrogens with zero attached hydrogens (tertiary/aromatic N) is 5. The molecule has 8 aromatic carbocycles. The Morgan fingerprint density at radius 3 is 0.982 bits per heavy atom. The van der Waals surface area contributed by atoms with Crippen molar-refractivity contribution in [3.05, 3.63) is 187 Å². The van der Waals surface area contributed by atoms with Crippen molar-refractivity contribution >= 4 is 66.7 Å². The van der Waals surface area contributed by atoms with Gasteiger partial charge in [0.2, 0.25) is 6.71 Å². The first-order chi connectivity index (χ1) is 28.2. The van der Waals surface area contributed by atoms with Crippen molar-refractivity contribution in [3.63, 3.8) is 0 Å². The van der Waals surface area contributed by atoms with Gasteiger partial charge in [0.05, 0.1) is 44.6 Å². The van der Waals surface area contributed by atoms with E-state index in [9.17, 15) is 15.8 Å². The smallest absolute Gasteiger partial charge is 0.246 e. The molecule has 0 amide bonds. The van der Waals surface area contributed by atoms with Crippen LogP contribution in [0, 0.1) is 34.0 Å². The summed E-state index contributed by atoms with van der Waals surface area (Å²) < 4.78 is 4.15. The maximum Gasteiger partial charge on any atom is 0.246 e. The van der Waals surface area contributed by atoms with E-state index in [0.717, 1.165) is 76.8 Å². The minimum Gasteiger partial charge on any atom is -0.307 e. The summed E-state index contributed by atoms with van der Waals surface area (Å²) in [5, 5.41) is 39.1. The van der Waals surface area contributed by atoms with E-state index in [2.05, 4.69) is 100 Å². The molecule has 5 nitrogen and oxygen atoms in total. The van der Waals surface area contributed by atoms with Crippen LogP contribution in [0.2, 0.25) is 0 Å². The van der Waals surface area contributed by atoms with Crippen LogP contribution >= 0.6 is 0 Å². The second-order valence-electron chi connectivity index (χ2n) is 14.5. The maximum atomic E-state index is 11.7. The molecule has 0 saturated heterocycles. The molecule has 0 atom stereocenters. The van der Waals surface area contributed by atoms with Crippen molar-refractivity contribution in [1.29, 1.82) is 15.8 Å². The molecule has 6 heteroatoms. The molecule has 0 fully saturated rings. The van der Waals surface area contributed by atoms with Crippen LogP contribution in [-0.4, -0.2) is 15.8 Å². The zero-order valence-corrected chi connectivity index (χ0v) is 30.5. The van der Waals surface area contributed by atoms with E-state index in [-0.39, 0.29) is 5.56 Å². The van der Waals surface area contributed by atoms with Crippen LogP contribution < -0.4 is 16.4 Å². The number of rotatable bonds is 3. The molecule has 0 radical (unpaired) electrons. The second-order valence-corrected chi connectivity index (χ2v) is 14.5. The van der Waals surface area contributed by atoms with Crippen LogP contribution in [0.15, 0.2) is 170 Å². The van der Waals surface area contributed by atoms with E-state index in [1.54, 1.807) is 0 Å². The van der Waals surface area contributed by atoms with Gasteiger partial charge >= 0.3 is 0 Å². The molecule has 0 spiro atoms. The van der Waals surface area contributed by atoms with Crippen LogP contribution in [0.1, 0.15) is 16.7 Å². The summed E-state index contributed by atoms with van der Waals surface area (Å²) >= 11 is 0. The Kier molecular flexibility index (Phi) is 7.08. The summed E-state index contributed by atoms with van der Waals surface area (Å²) in [7, 11) is 0. The molecule has 57 heavy (non-hydrogen) atoms. The molecule has 1 aliphatic rings. The van der Waals surface area contributed by atoms with Gasteiger partial charge in [0.1, 0.15) is 23.8 Å². The first kappa shape index (κ1) is 32.3. The quantitative estimate of drug-likeness (QED) is 0.171. The van der Waals surface area contributed by atoms with Crippen molar-refractivity contribution in [1.82, 2.24) is 9.13 Å². The fraction of sp³-hybridized carbons (Fsp3) is 0. The third-order valence-corrected chi connectivity index (χ3v) is 11.8. The molecule has 260 valence electrons. The van der Waals surface area contributed by atoms with Crippen LogP contribution in [0.3, 0.4) is 0 Å². The van der Waals surface area contributed by atoms with Gasteiger partial charge < -0.3 is 9.13 Å². The van der Waals surface area contributed by atoms with Gasteiger partial charge in [-0.15, -0.1) is 0 Å². The minimum atomic E-state index is -0.555. The average Bonchev–Trinajstić information content (AvgIpc) is 3.75. The van der Waals surface area contributed by atoms with Gasteiger partial charge in [0.15, 0.2) is 0 Å². The van der Waals surface area contributed by atoms with Crippen molar-refractivity contribution in [2.24, 2.45) is 0 Å². The highest BCUT2D eigenvalue weighted by Crippen LogP contribution is 2.41. The lowest BCUT2D eigenvalue weighted by Crippen LogP contribution is -2.55. The summed E-state index contributed by atoms with van der Waals surface area (Å²) in [4.78, 5) is 0. The van der Waals surface area contributed by atoms with Crippen LogP contribution in [0.5, 0.6) is 0 Å². The fourth-order valence-electron chi connectivity index (χ4n) is 9.56. The van der Waals surface area contributed by atoms with E-state index in [1.165, 1.54) is 0 Å². The Balaban J connectivity index is 1.42. The Morgan fingerprint density at radius 2 is 0.632 bits per heavy atom. The number of aromatic nitrogens is 2. The Morgan fingerprint density at radius 1 is 0.333 bits per heavy atom. The summed E-state index contributed by atoms with van der Waals surface area (Å²) in [5.74, 6) is 0. The summed E-state index contributed by atoms with van der Waals surface area (Å²) in [6.45, 7) is -0.555. The molecular weight excluding hydrogens is 693 g/mol. The van der Waals surface area contributed by atoms with Gasteiger partial charge in [0, 0.05) is 21.5 Å². The predicted molar refractivity (Wildman–Crippen MR) is 231 cm³/mol. The van der Waals surface area contributed by atoms with E-state index in [1.807, 2.05) is 97.1 Å². The number of para-hydroxylation sites is 4. The largest absolute Gasteiger partial charge is 0.307 e. The number of benzene rings is 8. The van der Waals surface area contributed by atoms with Crippen LogP contribution in [0.4, 0.5) is 0 Å². The lowest BCUT2D eigenvalue weighted by molar-refractivity contribution is 1.11. The van der Waals surface area contributed by atoms with Crippen LogP contribution in [0.25, 0.3) is 77.2 Å². The van der Waals surface area contributed by atoms with Gasteiger partial charge in [0.25, 0.3) is 0 Å². The normalized spacial score (nSPS) is 11.8. The standard InChI is InChI=1S/C51H28BN5/c53-29-40-49(52-43-23-9-3-17-34(43)32-15-1-2-16-33(32)35-18-4-10-24-44(35)52)41(30-54)51(57-47-27-13-7-21-38(47)39-22-8-14-28-48(39)57)42(31-55)50(40)56-45-25-11-5-19-36(45)37-20-6-12-26-46(37)56/h1-28H. The summed E-state index contributed by atoms with van der Waals surface area (Å²) in [6.07, 6.45) is 0. The molecular formula is C51H28BN5. The van der Waals surface area contributed by atoms with E-state index in [0.29, 0.717) is 28.0 Å². The number of hydrogen-bond donors (Lipinski definition) is 0. The fourth-order valence-corrected chi connectivity index (χ4v) is 9.56. The molecule has 10 aromatic rings. The molecule has 2 aromatic heterocycles. The first-order valence-corrected chi connectivity index (χ1v) is 18.9. The van der Waals surface area contributed by atoms with E-state index in [4.69, 9.17) is 0 Å². The molecule has 11 rings (SSSR count). The van der Waals surface area contributed by atoms with Crippen LogP contribution in [-0.2, 0) is 0 Å². The molecule has 0 bridgehead atoms. The highest BCUT2D eigenvalue weighted by Gasteiger charge is 2.39. The molecule has 3 heterocycles. The topological polar surface area (TPSA) is 81.2 Å². The lowest BCUT2D eigenvalue weighted by Gasteiger charge is -2.26. The third-order valence-electron chi connectivity index (χ3n) is 11.8. The van der Waals surface area contributed by atoms with Gasteiger partial charge in [-0.2, -0.15) is 15.8 Å². The average molecular weight is 722 g/mol. The Labute approximate surface area is 328 Å². The van der Waals surface area contributed by atoms with Gasteiger partial charge in [-0.25, -0.2) is 0 Å². The van der Waals surface area contributed by atoms with Crippen molar-refractivity contribution in [3.8, 4) is 51.8 Å². The summed E-state index contributed by atoms with van der Waals surface area (Å²) in [5.41, 5.74) is 12.0. The highest BCUT2D eigenvalue weighted by atomic mass is 15.0. The summed E-state index contributed by atoms with van der Waals surface area (Å²) in [6, 6.07) is 65.5. The molecule has 1 aliphatic heterocycles. The van der Waals surface area contributed by atoms with Crippen molar-refractivity contribution in [2.45, 2.75) is 0 Å². The van der Waals surface area contributed by atoms with Gasteiger partial charge in [-0.05, 0) is 52.0 Å². The van der Waals surface area contributed by atoms with Gasteiger partial charge in [-0.3, -0.25) is 0 Å². The number of hydrogen-bond acceptors (Lipinski definition) is 3. The Bertz CT molecular complexity index is 3150. The monoisotopic (exact) mass is 721 g/mol. The molecule has 0 aliphatic carbocycles. The third kappa shape index (κ3) is 4.43. The number of nitriles is 3. The second kappa shape index (κ2) is 12.5. The molecule has 0 N–H and O–H groups in total. The van der Waals surface area contributed by atoms with Crippen molar-refractivity contribution < 1.29 is 0 Å². The minimum absolute atomic E-state index is 0.253. The molecule has 0 saturated carbocycles.